The van der Waals surface area contributed by atoms with Gasteiger partial charge in [-0.25, -0.2) is 4.79 Å². The lowest BCUT2D eigenvalue weighted by molar-refractivity contribution is -0.140. The molecule has 1 aromatic carbocycles. The average Bonchev–Trinajstić information content (AvgIpc) is 3.01. The molecule has 0 saturated heterocycles. The van der Waals surface area contributed by atoms with Crippen molar-refractivity contribution in [3.05, 3.63) is 35.9 Å². The number of carbonyl (C=O) groups excluding carboxylic acids is 1. The van der Waals surface area contributed by atoms with E-state index in [4.69, 9.17) is 9.05 Å². The SMILES string of the molecule is COP(=O)(OC)C1(C(=O)O)CC(C(=O)c2ccccc2)N=N1. The van der Waals surface area contributed by atoms with Gasteiger partial charge in [0.05, 0.1) is 0 Å². The molecule has 1 aliphatic rings. The summed E-state index contributed by atoms with van der Waals surface area (Å²) < 4.78 is 22.0. The van der Waals surface area contributed by atoms with Crippen molar-refractivity contribution in [2.45, 2.75) is 17.7 Å². The number of carbonyl (C=O) groups is 2. The van der Waals surface area contributed by atoms with Gasteiger partial charge in [0.25, 0.3) is 5.28 Å². The molecule has 8 nitrogen and oxygen atoms in total. The molecule has 0 spiro atoms. The fraction of sp³-hybridized carbons (Fsp3) is 0.385. The number of hydrogen-bond acceptors (Lipinski definition) is 7. The molecule has 2 rings (SSSR count). The second kappa shape index (κ2) is 6.08. The van der Waals surface area contributed by atoms with Crippen LogP contribution in [0.2, 0.25) is 0 Å². The summed E-state index contributed by atoms with van der Waals surface area (Å²) in [5.74, 6) is -1.90. The van der Waals surface area contributed by atoms with Crippen LogP contribution in [0.3, 0.4) is 0 Å². The van der Waals surface area contributed by atoms with E-state index in [1.54, 1.807) is 30.3 Å². The van der Waals surface area contributed by atoms with Crippen LogP contribution in [-0.2, 0) is 18.4 Å². The molecule has 0 fully saturated rings. The summed E-state index contributed by atoms with van der Waals surface area (Å²) in [6, 6.07) is 7.24. The Balaban J connectivity index is 2.34. The summed E-state index contributed by atoms with van der Waals surface area (Å²) in [7, 11) is -1.96. The van der Waals surface area contributed by atoms with Crippen molar-refractivity contribution in [1.82, 2.24) is 0 Å². The van der Waals surface area contributed by atoms with E-state index in [9.17, 15) is 19.3 Å². The zero-order valence-electron chi connectivity index (χ0n) is 12.0. The Labute approximate surface area is 126 Å². The minimum Gasteiger partial charge on any atom is -0.479 e. The van der Waals surface area contributed by atoms with Crippen LogP contribution in [0.4, 0.5) is 0 Å². The second-order valence-corrected chi connectivity index (χ2v) is 7.12. The third-order valence-corrected chi connectivity index (χ3v) is 5.81. The van der Waals surface area contributed by atoms with E-state index < -0.39 is 30.7 Å². The fourth-order valence-electron chi connectivity index (χ4n) is 2.25. The van der Waals surface area contributed by atoms with Crippen LogP contribution >= 0.6 is 7.60 Å². The molecule has 2 atom stereocenters. The molecular weight excluding hydrogens is 311 g/mol. The molecule has 0 aliphatic carbocycles. The second-order valence-electron chi connectivity index (χ2n) is 4.65. The Bertz CT molecular complexity index is 654. The Hall–Kier alpha value is -1.89. The molecule has 118 valence electrons. The first-order chi connectivity index (χ1) is 10.4. The predicted octanol–water partition coefficient (Wildman–Crippen LogP) is 2.36. The van der Waals surface area contributed by atoms with Gasteiger partial charge in [0, 0.05) is 26.2 Å². The van der Waals surface area contributed by atoms with Crippen LogP contribution in [0.5, 0.6) is 0 Å². The van der Waals surface area contributed by atoms with Crippen molar-refractivity contribution in [3.8, 4) is 0 Å². The van der Waals surface area contributed by atoms with Gasteiger partial charge < -0.3 is 14.2 Å². The van der Waals surface area contributed by atoms with Crippen molar-refractivity contribution in [2.75, 3.05) is 14.2 Å². The number of Topliss-reactive ketones (excluding diaryl/α,β-unsaturated/α-hetero) is 1. The summed E-state index contributed by atoms with van der Waals surface area (Å²) in [6.45, 7) is 0. The Morgan fingerprint density at radius 1 is 1.27 bits per heavy atom. The van der Waals surface area contributed by atoms with Crippen molar-refractivity contribution >= 4 is 19.3 Å². The lowest BCUT2D eigenvalue weighted by Crippen LogP contribution is -2.38. The summed E-state index contributed by atoms with van der Waals surface area (Å²) in [6.07, 6.45) is -0.380. The van der Waals surface area contributed by atoms with Gasteiger partial charge in [0.2, 0.25) is 0 Å². The largest absolute Gasteiger partial charge is 0.479 e. The first-order valence-electron chi connectivity index (χ1n) is 6.36. The molecule has 0 amide bonds. The number of hydrogen-bond donors (Lipinski definition) is 1. The van der Waals surface area contributed by atoms with Crippen molar-refractivity contribution in [3.63, 3.8) is 0 Å². The van der Waals surface area contributed by atoms with Gasteiger partial charge in [-0.1, -0.05) is 30.3 Å². The number of rotatable bonds is 6. The molecule has 2 unspecified atom stereocenters. The molecule has 22 heavy (non-hydrogen) atoms. The molecule has 1 N–H and O–H groups in total. The fourth-order valence-corrected chi connectivity index (χ4v) is 3.79. The van der Waals surface area contributed by atoms with E-state index in [2.05, 4.69) is 10.2 Å². The highest BCUT2D eigenvalue weighted by Gasteiger charge is 2.62. The zero-order valence-corrected chi connectivity index (χ0v) is 12.9. The van der Waals surface area contributed by atoms with Gasteiger partial charge in [-0.05, 0) is 0 Å². The average molecular weight is 326 g/mol. The van der Waals surface area contributed by atoms with Crippen LogP contribution < -0.4 is 0 Å². The van der Waals surface area contributed by atoms with Crippen molar-refractivity contribution in [1.29, 1.82) is 0 Å². The molecule has 1 heterocycles. The Morgan fingerprint density at radius 2 is 1.86 bits per heavy atom. The number of nitrogens with zero attached hydrogens (tertiary/aromatic N) is 2. The molecule has 0 aromatic heterocycles. The summed E-state index contributed by atoms with van der Waals surface area (Å²) >= 11 is 0. The first-order valence-corrected chi connectivity index (χ1v) is 7.91. The minimum absolute atomic E-state index is 0.373. The highest BCUT2D eigenvalue weighted by Crippen LogP contribution is 2.63. The van der Waals surface area contributed by atoms with E-state index in [1.165, 1.54) is 0 Å². The third kappa shape index (κ3) is 2.49. The van der Waals surface area contributed by atoms with Crippen LogP contribution in [0.15, 0.2) is 40.6 Å². The lowest BCUT2D eigenvalue weighted by atomic mass is 10.00. The molecule has 0 radical (unpaired) electrons. The van der Waals surface area contributed by atoms with Crippen molar-refractivity contribution < 1.29 is 28.3 Å². The van der Waals surface area contributed by atoms with Crippen molar-refractivity contribution in [2.24, 2.45) is 10.2 Å². The maximum atomic E-state index is 12.5. The van der Waals surface area contributed by atoms with Gasteiger partial charge in [-0.2, -0.15) is 10.2 Å². The summed E-state index contributed by atoms with van der Waals surface area (Å²) in [4.78, 5) is 23.9. The molecule has 0 bridgehead atoms. The van der Waals surface area contributed by atoms with Gasteiger partial charge in [-0.15, -0.1) is 0 Å². The number of benzene rings is 1. The molecular formula is C13H15N2O6P. The zero-order chi connectivity index (χ0) is 16.4. The number of azo groups is 1. The third-order valence-electron chi connectivity index (χ3n) is 3.48. The number of aliphatic carboxylic acids is 1. The van der Waals surface area contributed by atoms with Crippen LogP contribution in [0, 0.1) is 0 Å². The number of carboxylic acids is 1. The normalized spacial score (nSPS) is 24.4. The number of ketones is 1. The van der Waals surface area contributed by atoms with E-state index in [0.29, 0.717) is 5.56 Å². The van der Waals surface area contributed by atoms with E-state index in [0.717, 1.165) is 14.2 Å². The molecule has 0 saturated carbocycles. The van der Waals surface area contributed by atoms with Gasteiger partial charge in [0.15, 0.2) is 5.78 Å². The maximum absolute atomic E-state index is 12.5. The predicted molar refractivity (Wildman–Crippen MR) is 76.0 cm³/mol. The quantitative estimate of drug-likeness (QED) is 0.634. The molecule has 1 aromatic rings. The van der Waals surface area contributed by atoms with E-state index in [-0.39, 0.29) is 6.42 Å². The van der Waals surface area contributed by atoms with Gasteiger partial charge in [0.1, 0.15) is 6.04 Å². The standard InChI is InChI=1S/C13H15N2O6P/c1-20-22(19,21-2)13(12(17)18)8-10(14-15-13)11(16)9-6-4-3-5-7-9/h3-7,10H,8H2,1-2H3,(H,17,18). The van der Waals surface area contributed by atoms with Gasteiger partial charge >= 0.3 is 13.6 Å². The summed E-state index contributed by atoms with van der Waals surface area (Å²) in [5.41, 5.74) is 0.373. The Kier molecular flexibility index (Phi) is 4.55. The Morgan fingerprint density at radius 3 is 2.36 bits per heavy atom. The van der Waals surface area contributed by atoms with E-state index in [1.807, 2.05) is 0 Å². The molecule has 9 heteroatoms. The lowest BCUT2D eigenvalue weighted by Gasteiger charge is -2.26. The summed E-state index contributed by atoms with van der Waals surface area (Å²) in [5, 5.41) is 14.5. The van der Waals surface area contributed by atoms with Crippen LogP contribution in [0.25, 0.3) is 0 Å². The minimum atomic E-state index is -4.10. The first kappa shape index (κ1) is 16.5. The highest BCUT2D eigenvalue weighted by molar-refractivity contribution is 7.56. The molecule has 1 aliphatic heterocycles. The topological polar surface area (TPSA) is 115 Å². The highest BCUT2D eigenvalue weighted by atomic mass is 31.2. The van der Waals surface area contributed by atoms with E-state index >= 15 is 0 Å². The monoisotopic (exact) mass is 326 g/mol. The maximum Gasteiger partial charge on any atom is 0.371 e. The number of carboxylic acid groups (broad SMARTS) is 1. The smallest absolute Gasteiger partial charge is 0.371 e. The van der Waals surface area contributed by atoms with Gasteiger partial charge in [-0.3, -0.25) is 9.36 Å². The van der Waals surface area contributed by atoms with Crippen LogP contribution in [0.1, 0.15) is 16.8 Å². The van der Waals surface area contributed by atoms with Crippen LogP contribution in [-0.4, -0.2) is 42.4 Å².